The number of nitrogens with one attached hydrogen (secondary N) is 1. The molecule has 1 unspecified atom stereocenters. The van der Waals surface area contributed by atoms with Gasteiger partial charge in [0.15, 0.2) is 0 Å². The van der Waals surface area contributed by atoms with Crippen molar-refractivity contribution in [1.29, 1.82) is 0 Å². The number of aromatic nitrogens is 2. The molecule has 0 spiro atoms. The summed E-state index contributed by atoms with van der Waals surface area (Å²) in [6.45, 7) is 14.8. The van der Waals surface area contributed by atoms with Crippen LogP contribution in [0, 0.1) is 0 Å². The van der Waals surface area contributed by atoms with Gasteiger partial charge in [0.1, 0.15) is 5.82 Å². The minimum atomic E-state index is -3.56. The van der Waals surface area contributed by atoms with E-state index in [0.717, 1.165) is 25.0 Å². The molecule has 32 heavy (non-hydrogen) atoms. The molecule has 8 heteroatoms. The Morgan fingerprint density at radius 2 is 1.69 bits per heavy atom. The molecule has 2 heterocycles. The van der Waals surface area contributed by atoms with Gasteiger partial charge in [0.25, 0.3) is 5.91 Å². The zero-order chi connectivity index (χ0) is 23.9. The van der Waals surface area contributed by atoms with Gasteiger partial charge in [0, 0.05) is 29.6 Å². The molecule has 2 aromatic rings. The van der Waals surface area contributed by atoms with Gasteiger partial charge in [-0.05, 0) is 64.8 Å². The van der Waals surface area contributed by atoms with Gasteiger partial charge in [0.2, 0.25) is 10.0 Å². The number of carbonyl (C=O) groups is 1. The number of hydrogen-bond donors (Lipinski definition) is 1. The van der Waals surface area contributed by atoms with Crippen LogP contribution < -0.4 is 5.32 Å². The topological polar surface area (TPSA) is 84.3 Å². The highest BCUT2D eigenvalue weighted by Gasteiger charge is 2.31. The lowest BCUT2D eigenvalue weighted by Gasteiger charge is -2.32. The van der Waals surface area contributed by atoms with Crippen molar-refractivity contribution in [3.63, 3.8) is 0 Å². The molecule has 1 atom stereocenters. The third kappa shape index (κ3) is 5.07. The third-order valence-electron chi connectivity index (χ3n) is 5.82. The van der Waals surface area contributed by atoms with E-state index in [4.69, 9.17) is 5.10 Å². The monoisotopic (exact) mass is 460 g/mol. The van der Waals surface area contributed by atoms with Gasteiger partial charge < -0.3 is 5.32 Å². The summed E-state index contributed by atoms with van der Waals surface area (Å²) in [7, 11) is -3.56. The number of nitrogens with zero attached hydrogens (tertiary/aromatic N) is 3. The predicted molar refractivity (Wildman–Crippen MR) is 128 cm³/mol. The van der Waals surface area contributed by atoms with Crippen LogP contribution in [-0.2, 0) is 21.0 Å². The highest BCUT2D eigenvalue weighted by molar-refractivity contribution is 7.89. The molecule has 1 N–H and O–H groups in total. The van der Waals surface area contributed by atoms with E-state index in [-0.39, 0.29) is 27.8 Å². The summed E-state index contributed by atoms with van der Waals surface area (Å²) in [5.41, 5.74) is 0.821. The fourth-order valence-electron chi connectivity index (χ4n) is 3.88. The summed E-state index contributed by atoms with van der Waals surface area (Å²) in [4.78, 5) is 13.2. The highest BCUT2D eigenvalue weighted by Crippen LogP contribution is 2.29. The summed E-state index contributed by atoms with van der Waals surface area (Å²) in [5.74, 6) is 0.317. The molecule has 3 rings (SSSR count). The van der Waals surface area contributed by atoms with Gasteiger partial charge in [-0.25, -0.2) is 13.1 Å². The number of sulfonamides is 1. The quantitative estimate of drug-likeness (QED) is 0.713. The summed E-state index contributed by atoms with van der Waals surface area (Å²) in [6.07, 6.45) is 2.80. The van der Waals surface area contributed by atoms with E-state index in [1.54, 1.807) is 16.4 Å². The molecule has 1 aliphatic rings. The number of hydrogen-bond acceptors (Lipinski definition) is 4. The summed E-state index contributed by atoms with van der Waals surface area (Å²) in [6, 6.07) is 8.07. The Kier molecular flexibility index (Phi) is 6.60. The van der Waals surface area contributed by atoms with E-state index in [0.29, 0.717) is 17.9 Å². The molecular formula is C24H36N4O3S. The van der Waals surface area contributed by atoms with Crippen LogP contribution >= 0.6 is 0 Å². The van der Waals surface area contributed by atoms with Gasteiger partial charge in [-0.1, -0.05) is 27.2 Å². The second-order valence-electron chi connectivity index (χ2n) is 10.7. The molecule has 0 radical (unpaired) electrons. The Morgan fingerprint density at radius 3 is 2.22 bits per heavy atom. The fourth-order valence-corrected chi connectivity index (χ4v) is 5.58. The van der Waals surface area contributed by atoms with Crippen LogP contribution in [0.4, 0.5) is 5.82 Å². The predicted octanol–water partition coefficient (Wildman–Crippen LogP) is 4.75. The zero-order valence-electron chi connectivity index (χ0n) is 20.3. The Hall–Kier alpha value is -2.19. The van der Waals surface area contributed by atoms with Gasteiger partial charge in [-0.3, -0.25) is 4.79 Å². The molecule has 0 aliphatic carbocycles. The van der Waals surface area contributed by atoms with Crippen LogP contribution in [0.2, 0.25) is 0 Å². The molecule has 1 fully saturated rings. The van der Waals surface area contributed by atoms with E-state index in [1.807, 2.05) is 38.4 Å². The number of piperidine rings is 1. The fraction of sp³-hybridized carbons (Fsp3) is 0.583. The van der Waals surface area contributed by atoms with E-state index in [9.17, 15) is 13.2 Å². The normalized spacial score (nSPS) is 18.5. The first-order valence-corrected chi connectivity index (χ1v) is 12.7. The maximum absolute atomic E-state index is 13.0. The summed E-state index contributed by atoms with van der Waals surface area (Å²) in [5, 5.41) is 7.68. The molecular weight excluding hydrogens is 424 g/mol. The van der Waals surface area contributed by atoms with Crippen LogP contribution in [-0.4, -0.2) is 41.0 Å². The van der Waals surface area contributed by atoms with Crippen molar-refractivity contribution >= 4 is 21.7 Å². The van der Waals surface area contributed by atoms with Gasteiger partial charge in [-0.2, -0.15) is 9.40 Å². The van der Waals surface area contributed by atoms with E-state index < -0.39 is 10.0 Å². The SMILES string of the molecule is CC1CCCCN1S(=O)(=O)c1ccc(C(=O)Nc2cc(C(C)(C)C)nn2C(C)(C)C)cc1. The van der Waals surface area contributed by atoms with Gasteiger partial charge in [0.05, 0.1) is 16.1 Å². The average Bonchev–Trinajstić information content (AvgIpc) is 3.13. The van der Waals surface area contributed by atoms with Crippen LogP contribution in [0.15, 0.2) is 35.2 Å². The largest absolute Gasteiger partial charge is 0.307 e. The lowest BCUT2D eigenvalue weighted by atomic mass is 9.92. The number of benzene rings is 1. The smallest absolute Gasteiger partial charge is 0.256 e. The van der Waals surface area contributed by atoms with Crippen LogP contribution in [0.5, 0.6) is 0 Å². The first-order valence-electron chi connectivity index (χ1n) is 11.3. The Bertz CT molecular complexity index is 1070. The van der Waals surface area contributed by atoms with Gasteiger partial charge in [-0.15, -0.1) is 0 Å². The molecule has 1 amide bonds. The van der Waals surface area contributed by atoms with Crippen LogP contribution in [0.1, 0.15) is 83.8 Å². The average molecular weight is 461 g/mol. The minimum Gasteiger partial charge on any atom is -0.307 e. The van der Waals surface area contributed by atoms with Crippen molar-refractivity contribution in [2.75, 3.05) is 11.9 Å². The summed E-state index contributed by atoms with van der Waals surface area (Å²) >= 11 is 0. The Labute approximate surface area is 192 Å². The number of anilines is 1. The molecule has 1 aromatic carbocycles. The van der Waals surface area contributed by atoms with E-state index >= 15 is 0 Å². The minimum absolute atomic E-state index is 0.00794. The van der Waals surface area contributed by atoms with Crippen LogP contribution in [0.25, 0.3) is 0 Å². The van der Waals surface area contributed by atoms with E-state index in [1.165, 1.54) is 12.1 Å². The maximum Gasteiger partial charge on any atom is 0.256 e. The van der Waals surface area contributed by atoms with Crippen molar-refractivity contribution in [3.05, 3.63) is 41.6 Å². The highest BCUT2D eigenvalue weighted by atomic mass is 32.2. The third-order valence-corrected chi connectivity index (χ3v) is 7.85. The second kappa shape index (κ2) is 8.63. The molecule has 176 valence electrons. The second-order valence-corrected chi connectivity index (χ2v) is 12.6. The first kappa shape index (κ1) is 24.5. The standard InChI is InChI=1S/C24H36N4O3S/c1-17-10-8-9-15-27(17)32(30,31)19-13-11-18(12-14-19)22(29)25-21-16-20(23(2,3)4)26-28(21)24(5,6)7/h11-14,16-17H,8-10,15H2,1-7H3,(H,25,29). The van der Waals surface area contributed by atoms with E-state index in [2.05, 4.69) is 26.1 Å². The van der Waals surface area contributed by atoms with Crippen molar-refractivity contribution in [3.8, 4) is 0 Å². The number of carbonyl (C=O) groups excluding carboxylic acids is 1. The molecule has 0 bridgehead atoms. The Morgan fingerprint density at radius 1 is 1.06 bits per heavy atom. The number of rotatable bonds is 4. The Balaban J connectivity index is 1.83. The maximum atomic E-state index is 13.0. The summed E-state index contributed by atoms with van der Waals surface area (Å²) < 4.78 is 29.5. The van der Waals surface area contributed by atoms with Crippen LogP contribution in [0.3, 0.4) is 0 Å². The van der Waals surface area contributed by atoms with Gasteiger partial charge >= 0.3 is 0 Å². The molecule has 0 saturated carbocycles. The van der Waals surface area contributed by atoms with Crippen molar-refractivity contribution in [1.82, 2.24) is 14.1 Å². The zero-order valence-corrected chi connectivity index (χ0v) is 21.1. The van der Waals surface area contributed by atoms with Crippen molar-refractivity contribution in [2.24, 2.45) is 0 Å². The first-order chi connectivity index (χ1) is 14.7. The molecule has 1 aliphatic heterocycles. The van der Waals surface area contributed by atoms with Crippen molar-refractivity contribution < 1.29 is 13.2 Å². The molecule has 1 aromatic heterocycles. The lowest BCUT2D eigenvalue weighted by molar-refractivity contribution is 0.102. The lowest BCUT2D eigenvalue weighted by Crippen LogP contribution is -2.41. The molecule has 7 nitrogen and oxygen atoms in total. The number of amides is 1. The molecule has 1 saturated heterocycles. The van der Waals surface area contributed by atoms with Crippen molar-refractivity contribution in [2.45, 2.75) is 89.6 Å².